The fourth-order valence-electron chi connectivity index (χ4n) is 2.11. The Bertz CT molecular complexity index is 866. The SMILES string of the molecule is N#Cc1ccc(Nc2ccc(NC(=O)c3ccccc3)cn2)cc1. The Balaban J connectivity index is 1.65. The van der Waals surface area contributed by atoms with Crippen LogP contribution < -0.4 is 10.6 Å². The molecule has 5 heteroatoms. The molecule has 2 N–H and O–H groups in total. The Labute approximate surface area is 139 Å². The molecule has 1 heterocycles. The van der Waals surface area contributed by atoms with Crippen molar-refractivity contribution < 1.29 is 4.79 Å². The second-order valence-electron chi connectivity index (χ2n) is 5.07. The number of pyridine rings is 1. The molecule has 0 saturated carbocycles. The van der Waals surface area contributed by atoms with Gasteiger partial charge in [-0.25, -0.2) is 4.98 Å². The van der Waals surface area contributed by atoms with Crippen LogP contribution in [0.4, 0.5) is 17.2 Å². The molecule has 0 aliphatic rings. The third kappa shape index (κ3) is 3.76. The predicted octanol–water partition coefficient (Wildman–Crippen LogP) is 3.95. The molecule has 116 valence electrons. The largest absolute Gasteiger partial charge is 0.340 e. The molecule has 0 fully saturated rings. The number of aromatic nitrogens is 1. The van der Waals surface area contributed by atoms with E-state index in [9.17, 15) is 4.79 Å². The summed E-state index contributed by atoms with van der Waals surface area (Å²) in [4.78, 5) is 16.3. The van der Waals surface area contributed by atoms with Crippen LogP contribution in [-0.4, -0.2) is 10.9 Å². The molecule has 0 atom stereocenters. The summed E-state index contributed by atoms with van der Waals surface area (Å²) in [5.74, 6) is 0.475. The van der Waals surface area contributed by atoms with Gasteiger partial charge in [-0.15, -0.1) is 0 Å². The van der Waals surface area contributed by atoms with E-state index in [1.165, 1.54) is 0 Å². The third-order valence-corrected chi connectivity index (χ3v) is 3.34. The summed E-state index contributed by atoms with van der Waals surface area (Å²) in [5.41, 5.74) is 2.65. The van der Waals surface area contributed by atoms with Crippen molar-refractivity contribution in [1.29, 1.82) is 5.26 Å². The smallest absolute Gasteiger partial charge is 0.255 e. The van der Waals surface area contributed by atoms with Crippen LogP contribution in [0.25, 0.3) is 0 Å². The van der Waals surface area contributed by atoms with Crippen LogP contribution in [-0.2, 0) is 0 Å². The average molecular weight is 314 g/mol. The van der Waals surface area contributed by atoms with Gasteiger partial charge in [-0.2, -0.15) is 5.26 Å². The summed E-state index contributed by atoms with van der Waals surface area (Å²) in [6.45, 7) is 0. The molecule has 1 aromatic heterocycles. The maximum Gasteiger partial charge on any atom is 0.255 e. The highest BCUT2D eigenvalue weighted by atomic mass is 16.1. The molecule has 0 aliphatic carbocycles. The fourth-order valence-corrected chi connectivity index (χ4v) is 2.11. The molecule has 3 rings (SSSR count). The lowest BCUT2D eigenvalue weighted by molar-refractivity contribution is 0.102. The molecule has 5 nitrogen and oxygen atoms in total. The number of anilines is 3. The molecule has 0 bridgehead atoms. The van der Waals surface area contributed by atoms with Gasteiger partial charge in [0, 0.05) is 11.3 Å². The van der Waals surface area contributed by atoms with E-state index >= 15 is 0 Å². The molecule has 0 radical (unpaired) electrons. The minimum Gasteiger partial charge on any atom is -0.340 e. The van der Waals surface area contributed by atoms with Gasteiger partial charge in [-0.05, 0) is 48.5 Å². The number of nitrogens with one attached hydrogen (secondary N) is 2. The van der Waals surface area contributed by atoms with Crippen LogP contribution in [0.2, 0.25) is 0 Å². The highest BCUT2D eigenvalue weighted by Gasteiger charge is 2.05. The summed E-state index contributed by atoms with van der Waals surface area (Å²) in [7, 11) is 0. The zero-order valence-corrected chi connectivity index (χ0v) is 12.7. The summed E-state index contributed by atoms with van der Waals surface area (Å²) in [5, 5.41) is 14.7. The minimum absolute atomic E-state index is 0.176. The predicted molar refractivity (Wildman–Crippen MR) is 93.1 cm³/mol. The quantitative estimate of drug-likeness (QED) is 0.764. The van der Waals surface area contributed by atoms with E-state index in [2.05, 4.69) is 21.7 Å². The number of nitriles is 1. The minimum atomic E-state index is -0.176. The van der Waals surface area contributed by atoms with E-state index in [1.807, 2.05) is 30.3 Å². The van der Waals surface area contributed by atoms with Crippen molar-refractivity contribution in [2.24, 2.45) is 0 Å². The van der Waals surface area contributed by atoms with Crippen molar-refractivity contribution >= 4 is 23.1 Å². The lowest BCUT2D eigenvalue weighted by atomic mass is 10.2. The second kappa shape index (κ2) is 7.07. The number of hydrogen-bond acceptors (Lipinski definition) is 4. The van der Waals surface area contributed by atoms with Crippen LogP contribution in [0.1, 0.15) is 15.9 Å². The van der Waals surface area contributed by atoms with Crippen LogP contribution in [0.5, 0.6) is 0 Å². The number of benzene rings is 2. The van der Waals surface area contributed by atoms with Crippen LogP contribution in [0, 0.1) is 11.3 Å². The molecule has 0 unspecified atom stereocenters. The zero-order valence-electron chi connectivity index (χ0n) is 12.7. The Morgan fingerprint density at radius 1 is 0.917 bits per heavy atom. The van der Waals surface area contributed by atoms with Gasteiger partial charge in [0.2, 0.25) is 0 Å². The fraction of sp³-hybridized carbons (Fsp3) is 0. The second-order valence-corrected chi connectivity index (χ2v) is 5.07. The molecule has 24 heavy (non-hydrogen) atoms. The molecular weight excluding hydrogens is 300 g/mol. The highest BCUT2D eigenvalue weighted by Crippen LogP contribution is 2.17. The summed E-state index contributed by atoms with van der Waals surface area (Å²) >= 11 is 0. The van der Waals surface area contributed by atoms with E-state index in [1.54, 1.807) is 42.6 Å². The molecule has 0 aliphatic heterocycles. The van der Waals surface area contributed by atoms with Crippen molar-refractivity contribution in [3.8, 4) is 6.07 Å². The first kappa shape index (κ1) is 15.3. The molecule has 1 amide bonds. The molecule has 0 saturated heterocycles. The van der Waals surface area contributed by atoms with E-state index in [4.69, 9.17) is 5.26 Å². The van der Waals surface area contributed by atoms with Gasteiger partial charge >= 0.3 is 0 Å². The zero-order chi connectivity index (χ0) is 16.8. The molecule has 2 aromatic carbocycles. The van der Waals surface area contributed by atoms with Crippen LogP contribution in [0.15, 0.2) is 72.9 Å². The lowest BCUT2D eigenvalue weighted by Gasteiger charge is -2.08. The first-order valence-corrected chi connectivity index (χ1v) is 7.34. The van der Waals surface area contributed by atoms with Gasteiger partial charge < -0.3 is 10.6 Å². The number of amides is 1. The van der Waals surface area contributed by atoms with E-state index in [-0.39, 0.29) is 5.91 Å². The van der Waals surface area contributed by atoms with Gasteiger partial charge in [0.05, 0.1) is 23.5 Å². The Kier molecular flexibility index (Phi) is 4.50. The third-order valence-electron chi connectivity index (χ3n) is 3.34. The number of hydrogen-bond donors (Lipinski definition) is 2. The van der Waals surface area contributed by atoms with Crippen molar-refractivity contribution in [2.45, 2.75) is 0 Å². The molecular formula is C19H14N4O. The van der Waals surface area contributed by atoms with Gasteiger partial charge in [0.25, 0.3) is 5.91 Å². The highest BCUT2D eigenvalue weighted by molar-refractivity contribution is 6.04. The van der Waals surface area contributed by atoms with Crippen molar-refractivity contribution in [1.82, 2.24) is 4.98 Å². The summed E-state index contributed by atoms with van der Waals surface area (Å²) < 4.78 is 0. The number of carbonyl (C=O) groups is 1. The van der Waals surface area contributed by atoms with Crippen molar-refractivity contribution in [3.63, 3.8) is 0 Å². The van der Waals surface area contributed by atoms with Crippen LogP contribution >= 0.6 is 0 Å². The van der Waals surface area contributed by atoms with Crippen molar-refractivity contribution in [3.05, 3.63) is 84.1 Å². The number of carbonyl (C=O) groups excluding carboxylic acids is 1. The Morgan fingerprint density at radius 2 is 1.62 bits per heavy atom. The van der Waals surface area contributed by atoms with Crippen LogP contribution in [0.3, 0.4) is 0 Å². The Morgan fingerprint density at radius 3 is 2.25 bits per heavy atom. The standard InChI is InChI=1S/C19H14N4O/c20-12-14-6-8-16(9-7-14)22-18-11-10-17(13-21-18)23-19(24)15-4-2-1-3-5-15/h1-11,13H,(H,21,22)(H,23,24). The normalized spacial score (nSPS) is 9.79. The van der Waals surface area contributed by atoms with Gasteiger partial charge in [0.1, 0.15) is 5.82 Å². The molecule has 0 spiro atoms. The first-order valence-electron chi connectivity index (χ1n) is 7.34. The number of nitrogens with zero attached hydrogens (tertiary/aromatic N) is 2. The van der Waals surface area contributed by atoms with Gasteiger partial charge in [-0.3, -0.25) is 4.79 Å². The van der Waals surface area contributed by atoms with Gasteiger partial charge in [0.15, 0.2) is 0 Å². The Hall–Kier alpha value is -3.65. The van der Waals surface area contributed by atoms with E-state index in [0.29, 0.717) is 22.6 Å². The van der Waals surface area contributed by atoms with Gasteiger partial charge in [-0.1, -0.05) is 18.2 Å². The maximum atomic E-state index is 12.1. The molecule has 3 aromatic rings. The lowest BCUT2D eigenvalue weighted by Crippen LogP contribution is -2.11. The average Bonchev–Trinajstić information content (AvgIpc) is 2.65. The maximum absolute atomic E-state index is 12.1. The topological polar surface area (TPSA) is 77.8 Å². The summed E-state index contributed by atoms with van der Waals surface area (Å²) in [6, 6.07) is 21.7. The number of rotatable bonds is 4. The summed E-state index contributed by atoms with van der Waals surface area (Å²) in [6.07, 6.45) is 1.59. The van der Waals surface area contributed by atoms with Crippen molar-refractivity contribution in [2.75, 3.05) is 10.6 Å². The van der Waals surface area contributed by atoms with E-state index < -0.39 is 0 Å². The van der Waals surface area contributed by atoms with E-state index in [0.717, 1.165) is 5.69 Å². The first-order chi connectivity index (χ1) is 11.7. The monoisotopic (exact) mass is 314 g/mol.